The zero-order valence-corrected chi connectivity index (χ0v) is 10.4. The highest BCUT2D eigenvalue weighted by Gasteiger charge is 2.37. The van der Waals surface area contributed by atoms with Gasteiger partial charge in [0.05, 0.1) is 11.8 Å². The number of aryl methyl sites for hydroxylation is 1. The van der Waals surface area contributed by atoms with Crippen LogP contribution in [0.25, 0.3) is 0 Å². The fourth-order valence-electron chi connectivity index (χ4n) is 2.56. The minimum Gasteiger partial charge on any atom is -0.481 e. The topological polar surface area (TPSA) is 71.3 Å². The highest BCUT2D eigenvalue weighted by molar-refractivity contribution is 5.85. The average molecular weight is 250 g/mol. The predicted molar refractivity (Wildman–Crippen MR) is 65.7 cm³/mol. The Morgan fingerprint density at radius 1 is 1.44 bits per heavy atom. The van der Waals surface area contributed by atoms with Gasteiger partial charge in [-0.1, -0.05) is 6.42 Å². The minimum absolute atomic E-state index is 0.135. The molecule has 1 aromatic rings. The summed E-state index contributed by atoms with van der Waals surface area (Å²) in [6.07, 6.45) is 5.96. The summed E-state index contributed by atoms with van der Waals surface area (Å²) in [7, 11) is 1.92. The summed E-state index contributed by atoms with van der Waals surface area (Å²) in [4.78, 5) is 23.0. The summed E-state index contributed by atoms with van der Waals surface area (Å²) >= 11 is 0. The highest BCUT2D eigenvalue weighted by atomic mass is 16.4. The second kappa shape index (κ2) is 5.25. The Balaban J connectivity index is 1.89. The quantitative estimate of drug-likeness (QED) is 0.841. The lowest BCUT2D eigenvalue weighted by Crippen LogP contribution is -2.34. The third-order valence-corrected chi connectivity index (χ3v) is 3.53. The number of nitrogens with zero attached hydrogens (tertiary/aromatic N) is 1. The van der Waals surface area contributed by atoms with Crippen LogP contribution in [-0.2, 0) is 23.2 Å². The van der Waals surface area contributed by atoms with Crippen molar-refractivity contribution in [1.29, 1.82) is 0 Å². The second-order valence-electron chi connectivity index (χ2n) is 4.89. The van der Waals surface area contributed by atoms with E-state index in [1.807, 2.05) is 30.1 Å². The Morgan fingerprint density at radius 3 is 2.78 bits per heavy atom. The molecule has 1 amide bonds. The van der Waals surface area contributed by atoms with Gasteiger partial charge in [-0.3, -0.25) is 9.59 Å². The summed E-state index contributed by atoms with van der Waals surface area (Å²) in [5.74, 6) is -1.87. The minimum atomic E-state index is -0.854. The molecule has 0 aliphatic heterocycles. The van der Waals surface area contributed by atoms with Crippen LogP contribution in [0, 0.1) is 11.8 Å². The standard InChI is InChI=1S/C13H18N2O3/c1-15-6-5-9(8-15)7-14-12(16)10-3-2-4-11(10)13(17)18/h5-6,8,10-11H,2-4,7H2,1H3,(H,14,16)(H,17,18). The lowest BCUT2D eigenvalue weighted by atomic mass is 9.95. The van der Waals surface area contributed by atoms with Crippen LogP contribution in [0.15, 0.2) is 18.5 Å². The van der Waals surface area contributed by atoms with Crippen molar-refractivity contribution in [3.8, 4) is 0 Å². The third kappa shape index (κ3) is 2.72. The first-order valence-corrected chi connectivity index (χ1v) is 6.19. The Bertz CT molecular complexity index is 453. The maximum atomic E-state index is 12.0. The third-order valence-electron chi connectivity index (χ3n) is 3.53. The number of carboxylic acid groups (broad SMARTS) is 1. The number of rotatable bonds is 4. The number of aromatic nitrogens is 1. The van der Waals surface area contributed by atoms with Crippen LogP contribution in [0.3, 0.4) is 0 Å². The molecule has 1 aromatic heterocycles. The van der Waals surface area contributed by atoms with Gasteiger partial charge in [-0.2, -0.15) is 0 Å². The molecule has 1 aliphatic carbocycles. The number of hydrogen-bond acceptors (Lipinski definition) is 2. The van der Waals surface area contributed by atoms with E-state index < -0.39 is 11.9 Å². The van der Waals surface area contributed by atoms with Gasteiger partial charge in [-0.05, 0) is 24.5 Å². The number of nitrogens with one attached hydrogen (secondary N) is 1. The number of carbonyl (C=O) groups excluding carboxylic acids is 1. The van der Waals surface area contributed by atoms with Gasteiger partial charge < -0.3 is 15.0 Å². The van der Waals surface area contributed by atoms with Crippen LogP contribution >= 0.6 is 0 Å². The first kappa shape index (κ1) is 12.7. The van der Waals surface area contributed by atoms with Crippen molar-refractivity contribution < 1.29 is 14.7 Å². The average Bonchev–Trinajstić information content (AvgIpc) is 2.94. The van der Waals surface area contributed by atoms with E-state index in [-0.39, 0.29) is 11.8 Å². The van der Waals surface area contributed by atoms with Crippen LogP contribution in [0.2, 0.25) is 0 Å². The van der Waals surface area contributed by atoms with Gasteiger partial charge in [-0.15, -0.1) is 0 Å². The smallest absolute Gasteiger partial charge is 0.307 e. The SMILES string of the molecule is Cn1ccc(CNC(=O)C2CCCC2C(=O)O)c1. The fraction of sp³-hybridized carbons (Fsp3) is 0.538. The maximum Gasteiger partial charge on any atom is 0.307 e. The van der Waals surface area contributed by atoms with Crippen LogP contribution < -0.4 is 5.32 Å². The highest BCUT2D eigenvalue weighted by Crippen LogP contribution is 2.32. The maximum absolute atomic E-state index is 12.0. The molecule has 0 saturated heterocycles. The second-order valence-corrected chi connectivity index (χ2v) is 4.89. The monoisotopic (exact) mass is 250 g/mol. The molecule has 0 bridgehead atoms. The van der Waals surface area contributed by atoms with Crippen LogP contribution in [0.4, 0.5) is 0 Å². The molecule has 1 aliphatic rings. The molecule has 5 heteroatoms. The van der Waals surface area contributed by atoms with Crippen molar-refractivity contribution in [2.45, 2.75) is 25.8 Å². The summed E-state index contributed by atoms with van der Waals surface area (Å²) in [6.45, 7) is 0.461. The Kier molecular flexibility index (Phi) is 3.69. The summed E-state index contributed by atoms with van der Waals surface area (Å²) in [5.41, 5.74) is 1.02. The first-order chi connectivity index (χ1) is 8.58. The number of hydrogen-bond donors (Lipinski definition) is 2. The van der Waals surface area contributed by atoms with E-state index in [9.17, 15) is 9.59 Å². The van der Waals surface area contributed by atoms with E-state index in [1.54, 1.807) is 0 Å². The largest absolute Gasteiger partial charge is 0.481 e. The van der Waals surface area contributed by atoms with E-state index in [0.717, 1.165) is 12.0 Å². The van der Waals surface area contributed by atoms with Crippen molar-refractivity contribution in [3.63, 3.8) is 0 Å². The zero-order valence-electron chi connectivity index (χ0n) is 10.4. The molecule has 2 atom stereocenters. The van der Waals surface area contributed by atoms with Crippen LogP contribution in [0.5, 0.6) is 0 Å². The summed E-state index contributed by atoms with van der Waals surface area (Å²) in [5, 5.41) is 11.9. The molecule has 1 fully saturated rings. The molecule has 2 unspecified atom stereocenters. The van der Waals surface area contributed by atoms with Gasteiger partial charge in [0.15, 0.2) is 0 Å². The normalized spacial score (nSPS) is 22.9. The van der Waals surface area contributed by atoms with E-state index in [0.29, 0.717) is 19.4 Å². The summed E-state index contributed by atoms with van der Waals surface area (Å²) < 4.78 is 1.91. The molecule has 2 N–H and O–H groups in total. The van der Waals surface area contributed by atoms with Crippen molar-refractivity contribution in [2.24, 2.45) is 18.9 Å². The van der Waals surface area contributed by atoms with Gasteiger partial charge in [0, 0.05) is 26.0 Å². The van der Waals surface area contributed by atoms with Gasteiger partial charge in [0.1, 0.15) is 0 Å². The van der Waals surface area contributed by atoms with Crippen LogP contribution in [-0.4, -0.2) is 21.6 Å². The zero-order chi connectivity index (χ0) is 13.1. The number of aliphatic carboxylic acids is 1. The van der Waals surface area contributed by atoms with Gasteiger partial charge in [-0.25, -0.2) is 0 Å². The molecule has 18 heavy (non-hydrogen) atoms. The van der Waals surface area contributed by atoms with E-state index >= 15 is 0 Å². The van der Waals surface area contributed by atoms with E-state index in [2.05, 4.69) is 5.32 Å². The van der Waals surface area contributed by atoms with Gasteiger partial charge >= 0.3 is 5.97 Å². The van der Waals surface area contributed by atoms with Gasteiger partial charge in [0.2, 0.25) is 5.91 Å². The van der Waals surface area contributed by atoms with Crippen molar-refractivity contribution in [3.05, 3.63) is 24.0 Å². The molecule has 98 valence electrons. The molecule has 1 saturated carbocycles. The predicted octanol–water partition coefficient (Wildman–Crippen LogP) is 1.14. The number of carboxylic acids is 1. The molecular weight excluding hydrogens is 232 g/mol. The molecule has 2 rings (SSSR count). The van der Waals surface area contributed by atoms with Crippen molar-refractivity contribution >= 4 is 11.9 Å². The lowest BCUT2D eigenvalue weighted by molar-refractivity contribution is -0.146. The lowest BCUT2D eigenvalue weighted by Gasteiger charge is -2.15. The molecule has 5 nitrogen and oxygen atoms in total. The van der Waals surface area contributed by atoms with Crippen molar-refractivity contribution in [1.82, 2.24) is 9.88 Å². The Hall–Kier alpha value is -1.78. The Labute approximate surface area is 106 Å². The first-order valence-electron chi connectivity index (χ1n) is 6.19. The molecular formula is C13H18N2O3. The van der Waals surface area contributed by atoms with Gasteiger partial charge in [0.25, 0.3) is 0 Å². The summed E-state index contributed by atoms with van der Waals surface area (Å²) in [6, 6.07) is 1.93. The van der Waals surface area contributed by atoms with Crippen LogP contribution in [0.1, 0.15) is 24.8 Å². The number of carbonyl (C=O) groups is 2. The van der Waals surface area contributed by atoms with E-state index in [1.165, 1.54) is 0 Å². The molecule has 0 aromatic carbocycles. The van der Waals surface area contributed by atoms with Crippen molar-refractivity contribution in [2.75, 3.05) is 0 Å². The molecule has 1 heterocycles. The van der Waals surface area contributed by atoms with E-state index in [4.69, 9.17) is 5.11 Å². The molecule has 0 spiro atoms. The Morgan fingerprint density at radius 2 is 2.17 bits per heavy atom. The number of amides is 1. The molecule has 0 radical (unpaired) electrons. The fourth-order valence-corrected chi connectivity index (χ4v) is 2.56.